The molecule has 1 aromatic rings. The minimum atomic E-state index is -0.305. The van der Waals surface area contributed by atoms with E-state index in [4.69, 9.17) is 10.6 Å². The summed E-state index contributed by atoms with van der Waals surface area (Å²) in [5, 5.41) is 4.45. The van der Waals surface area contributed by atoms with Crippen LogP contribution in [0.25, 0.3) is 0 Å². The lowest BCUT2D eigenvalue weighted by Gasteiger charge is -2.33. The van der Waals surface area contributed by atoms with Crippen molar-refractivity contribution in [2.75, 3.05) is 6.61 Å². The van der Waals surface area contributed by atoms with Crippen molar-refractivity contribution < 1.29 is 4.74 Å². The number of hydrogen-bond acceptors (Lipinski definition) is 4. The van der Waals surface area contributed by atoms with E-state index in [9.17, 15) is 0 Å². The molecule has 0 saturated carbocycles. The van der Waals surface area contributed by atoms with Gasteiger partial charge >= 0.3 is 0 Å². The van der Waals surface area contributed by atoms with Gasteiger partial charge in [-0.1, -0.05) is 0 Å². The Morgan fingerprint density at radius 3 is 2.67 bits per heavy atom. The van der Waals surface area contributed by atoms with Gasteiger partial charge < -0.3 is 4.74 Å². The summed E-state index contributed by atoms with van der Waals surface area (Å²) in [6, 6.07) is 2.16. The largest absolute Gasteiger partial charge is 0.374 e. The van der Waals surface area contributed by atoms with Crippen LogP contribution in [0, 0.1) is 6.92 Å². The number of nitrogens with zero attached hydrogens (tertiary/aromatic N) is 2. The zero-order valence-electron chi connectivity index (χ0n) is 12.2. The molecule has 0 aliphatic carbocycles. The maximum atomic E-state index is 5.76. The first kappa shape index (κ1) is 15.1. The highest BCUT2D eigenvalue weighted by atomic mass is 16.5. The average Bonchev–Trinajstić information content (AvgIpc) is 2.66. The predicted molar refractivity (Wildman–Crippen MR) is 73.2 cm³/mol. The Bertz CT molecular complexity index is 373. The minimum Gasteiger partial charge on any atom is -0.374 e. The Hall–Kier alpha value is -0.910. The average molecular weight is 254 g/mol. The monoisotopic (exact) mass is 254 g/mol. The van der Waals surface area contributed by atoms with E-state index in [-0.39, 0.29) is 11.6 Å². The van der Waals surface area contributed by atoms with E-state index in [1.807, 2.05) is 18.5 Å². The van der Waals surface area contributed by atoms with Gasteiger partial charge in [-0.2, -0.15) is 5.10 Å². The van der Waals surface area contributed by atoms with Crippen molar-refractivity contribution >= 4 is 0 Å². The number of aromatic nitrogens is 2. The Morgan fingerprint density at radius 2 is 2.17 bits per heavy atom. The molecule has 1 rings (SSSR count). The van der Waals surface area contributed by atoms with Crippen LogP contribution in [0.15, 0.2) is 6.07 Å². The standard InChI is InChI=1S/C13H26N4O/c1-6-17-11(8-10(3)16-17)9-12(15-14)13(4,5)18-7-2/h8,12,15H,6-7,9,14H2,1-5H3. The van der Waals surface area contributed by atoms with Crippen LogP contribution in [0.2, 0.25) is 0 Å². The van der Waals surface area contributed by atoms with Crippen LogP contribution in [-0.4, -0.2) is 28.0 Å². The maximum Gasteiger partial charge on any atom is 0.0795 e. The number of hydrazine groups is 1. The van der Waals surface area contributed by atoms with Gasteiger partial charge in [-0.15, -0.1) is 0 Å². The van der Waals surface area contributed by atoms with Crippen molar-refractivity contribution in [2.45, 2.75) is 59.2 Å². The third-order valence-corrected chi connectivity index (χ3v) is 3.25. The third-order valence-electron chi connectivity index (χ3n) is 3.25. The molecule has 0 bridgehead atoms. The number of rotatable bonds is 7. The summed E-state index contributed by atoms with van der Waals surface area (Å²) >= 11 is 0. The van der Waals surface area contributed by atoms with Crippen molar-refractivity contribution in [3.63, 3.8) is 0 Å². The molecule has 18 heavy (non-hydrogen) atoms. The number of aryl methyl sites for hydroxylation is 2. The number of hydrogen-bond donors (Lipinski definition) is 2. The maximum absolute atomic E-state index is 5.76. The van der Waals surface area contributed by atoms with Gasteiger partial charge in [0.15, 0.2) is 0 Å². The van der Waals surface area contributed by atoms with Gasteiger partial charge in [0.05, 0.1) is 17.3 Å². The summed E-state index contributed by atoms with van der Waals surface area (Å²) in [6.45, 7) is 11.8. The summed E-state index contributed by atoms with van der Waals surface area (Å²) in [5.74, 6) is 5.68. The second kappa shape index (κ2) is 6.31. The van der Waals surface area contributed by atoms with Crippen LogP contribution in [0.3, 0.4) is 0 Å². The molecule has 0 saturated heterocycles. The molecule has 0 aliphatic rings. The molecular weight excluding hydrogens is 228 g/mol. The molecule has 0 amide bonds. The molecule has 1 unspecified atom stereocenters. The second-order valence-electron chi connectivity index (χ2n) is 5.05. The zero-order valence-corrected chi connectivity index (χ0v) is 12.2. The molecular formula is C13H26N4O. The van der Waals surface area contributed by atoms with Gasteiger partial charge in [0.25, 0.3) is 0 Å². The summed E-state index contributed by atoms with van der Waals surface area (Å²) in [7, 11) is 0. The van der Waals surface area contributed by atoms with Crippen molar-refractivity contribution in [2.24, 2.45) is 5.84 Å². The highest BCUT2D eigenvalue weighted by Crippen LogP contribution is 2.19. The smallest absolute Gasteiger partial charge is 0.0795 e. The van der Waals surface area contributed by atoms with E-state index in [0.29, 0.717) is 6.61 Å². The summed E-state index contributed by atoms with van der Waals surface area (Å²) in [4.78, 5) is 0. The van der Waals surface area contributed by atoms with Crippen LogP contribution < -0.4 is 11.3 Å². The molecule has 0 fully saturated rings. The highest BCUT2D eigenvalue weighted by molar-refractivity contribution is 5.11. The van der Waals surface area contributed by atoms with E-state index in [1.165, 1.54) is 5.69 Å². The van der Waals surface area contributed by atoms with Crippen LogP contribution >= 0.6 is 0 Å². The van der Waals surface area contributed by atoms with E-state index in [0.717, 1.165) is 18.7 Å². The topological polar surface area (TPSA) is 65.1 Å². The fourth-order valence-corrected chi connectivity index (χ4v) is 2.22. The third kappa shape index (κ3) is 3.54. The molecule has 5 nitrogen and oxygen atoms in total. The zero-order chi connectivity index (χ0) is 13.8. The van der Waals surface area contributed by atoms with Gasteiger partial charge in [-0.05, 0) is 40.7 Å². The van der Waals surface area contributed by atoms with Crippen molar-refractivity contribution in [1.29, 1.82) is 0 Å². The minimum absolute atomic E-state index is 0.0545. The summed E-state index contributed by atoms with van der Waals surface area (Å²) in [6.07, 6.45) is 0.804. The molecule has 1 atom stereocenters. The predicted octanol–water partition coefficient (Wildman–Crippen LogP) is 1.40. The van der Waals surface area contributed by atoms with E-state index in [2.05, 4.69) is 37.4 Å². The lowest BCUT2D eigenvalue weighted by molar-refractivity contribution is -0.0384. The quantitative estimate of drug-likeness (QED) is 0.570. The number of nitrogens with two attached hydrogens (primary N) is 1. The molecule has 3 N–H and O–H groups in total. The second-order valence-corrected chi connectivity index (χ2v) is 5.05. The van der Waals surface area contributed by atoms with Crippen molar-refractivity contribution in [1.82, 2.24) is 15.2 Å². The van der Waals surface area contributed by atoms with E-state index >= 15 is 0 Å². The number of nitrogens with one attached hydrogen (secondary N) is 1. The van der Waals surface area contributed by atoms with Gasteiger partial charge in [0.2, 0.25) is 0 Å². The molecule has 1 heterocycles. The first-order valence-corrected chi connectivity index (χ1v) is 6.58. The van der Waals surface area contributed by atoms with E-state index in [1.54, 1.807) is 0 Å². The Kier molecular flexibility index (Phi) is 5.31. The molecule has 0 radical (unpaired) electrons. The lowest BCUT2D eigenvalue weighted by atomic mass is 9.94. The van der Waals surface area contributed by atoms with Crippen LogP contribution in [0.5, 0.6) is 0 Å². The van der Waals surface area contributed by atoms with Crippen LogP contribution in [0.1, 0.15) is 39.1 Å². The highest BCUT2D eigenvalue weighted by Gasteiger charge is 2.30. The summed E-state index contributed by atoms with van der Waals surface area (Å²) in [5.41, 5.74) is 4.79. The normalized spacial score (nSPS) is 13.9. The van der Waals surface area contributed by atoms with Gasteiger partial charge in [-0.3, -0.25) is 16.0 Å². The Labute approximate surface area is 110 Å². The lowest BCUT2D eigenvalue weighted by Crippen LogP contribution is -2.53. The van der Waals surface area contributed by atoms with Gasteiger partial charge in [0.1, 0.15) is 0 Å². The first-order valence-electron chi connectivity index (χ1n) is 6.58. The van der Waals surface area contributed by atoms with Crippen LogP contribution in [0.4, 0.5) is 0 Å². The van der Waals surface area contributed by atoms with Crippen LogP contribution in [-0.2, 0) is 17.7 Å². The van der Waals surface area contributed by atoms with Crippen molar-refractivity contribution in [3.8, 4) is 0 Å². The molecule has 0 spiro atoms. The molecule has 0 aromatic carbocycles. The fraction of sp³-hybridized carbons (Fsp3) is 0.769. The Balaban J connectivity index is 2.85. The van der Waals surface area contributed by atoms with Gasteiger partial charge in [-0.25, -0.2) is 0 Å². The molecule has 104 valence electrons. The number of ether oxygens (including phenoxy) is 1. The SMILES string of the molecule is CCOC(C)(C)C(Cc1cc(C)nn1CC)NN. The fourth-order valence-electron chi connectivity index (χ4n) is 2.22. The van der Waals surface area contributed by atoms with Crippen molar-refractivity contribution in [3.05, 3.63) is 17.5 Å². The Morgan fingerprint density at radius 1 is 1.50 bits per heavy atom. The molecule has 0 aliphatic heterocycles. The van der Waals surface area contributed by atoms with E-state index < -0.39 is 0 Å². The van der Waals surface area contributed by atoms with Gasteiger partial charge in [0, 0.05) is 25.3 Å². The summed E-state index contributed by atoms with van der Waals surface area (Å²) < 4.78 is 7.78. The first-order chi connectivity index (χ1) is 8.44. The molecule has 1 aromatic heterocycles. The molecule has 5 heteroatoms.